The smallest absolute Gasteiger partial charge is 0.296 e. The van der Waals surface area contributed by atoms with Crippen LogP contribution in [0.25, 0.3) is 0 Å². The standard InChI is InChI=1S/C12H7F2N3O4/c13-6-4-5-8(17(20)21)11(10(6)14)16-12(19)7-2-1-3-9(18)15-7/h1-5H,(H,15,18)(H,16,19). The van der Waals surface area contributed by atoms with Gasteiger partial charge in [-0.25, -0.2) is 8.78 Å². The van der Waals surface area contributed by atoms with Gasteiger partial charge in [0, 0.05) is 12.1 Å². The van der Waals surface area contributed by atoms with Gasteiger partial charge in [0.25, 0.3) is 11.6 Å². The molecule has 1 aromatic carbocycles. The van der Waals surface area contributed by atoms with Crippen molar-refractivity contribution in [2.75, 3.05) is 5.32 Å². The molecule has 7 nitrogen and oxygen atoms in total. The predicted octanol–water partition coefficient (Wildman–Crippen LogP) is 1.81. The second-order valence-electron chi connectivity index (χ2n) is 3.90. The molecule has 0 atom stereocenters. The Morgan fingerprint density at radius 3 is 2.57 bits per heavy atom. The fourth-order valence-corrected chi connectivity index (χ4v) is 1.57. The number of hydrogen-bond acceptors (Lipinski definition) is 4. The molecule has 1 heterocycles. The molecule has 0 radical (unpaired) electrons. The topological polar surface area (TPSA) is 105 Å². The first-order valence-corrected chi connectivity index (χ1v) is 5.53. The van der Waals surface area contributed by atoms with E-state index in [1.807, 2.05) is 5.32 Å². The third kappa shape index (κ3) is 2.91. The molecule has 0 aliphatic carbocycles. The Bertz CT molecular complexity index is 788. The number of nitrogens with zero attached hydrogens (tertiary/aromatic N) is 1. The van der Waals surface area contributed by atoms with Crippen LogP contribution in [-0.4, -0.2) is 15.8 Å². The number of benzene rings is 1. The van der Waals surface area contributed by atoms with Crippen molar-refractivity contribution >= 4 is 17.3 Å². The fraction of sp³-hybridized carbons (Fsp3) is 0. The van der Waals surface area contributed by atoms with Crippen LogP contribution in [0.4, 0.5) is 20.2 Å². The Balaban J connectivity index is 2.44. The monoisotopic (exact) mass is 295 g/mol. The molecule has 9 heteroatoms. The van der Waals surface area contributed by atoms with E-state index in [9.17, 15) is 28.5 Å². The van der Waals surface area contributed by atoms with Gasteiger partial charge in [0.05, 0.1) is 4.92 Å². The van der Waals surface area contributed by atoms with Gasteiger partial charge in [-0.1, -0.05) is 6.07 Å². The van der Waals surface area contributed by atoms with Crippen LogP contribution in [0, 0.1) is 21.7 Å². The van der Waals surface area contributed by atoms with E-state index in [-0.39, 0.29) is 5.69 Å². The number of hydrogen-bond donors (Lipinski definition) is 2. The molecule has 108 valence electrons. The van der Waals surface area contributed by atoms with Crippen molar-refractivity contribution in [2.45, 2.75) is 0 Å². The summed E-state index contributed by atoms with van der Waals surface area (Å²) in [5, 5.41) is 12.6. The number of carbonyl (C=O) groups is 1. The lowest BCUT2D eigenvalue weighted by molar-refractivity contribution is -0.384. The number of H-pyrrole nitrogens is 1. The second kappa shape index (κ2) is 5.49. The van der Waals surface area contributed by atoms with Gasteiger partial charge in [0.2, 0.25) is 5.56 Å². The minimum Gasteiger partial charge on any atom is -0.318 e. The van der Waals surface area contributed by atoms with Gasteiger partial charge < -0.3 is 10.3 Å². The number of anilines is 1. The zero-order valence-corrected chi connectivity index (χ0v) is 10.2. The summed E-state index contributed by atoms with van der Waals surface area (Å²) in [5.74, 6) is -3.92. The number of nitro groups is 1. The Morgan fingerprint density at radius 1 is 1.24 bits per heavy atom. The number of rotatable bonds is 3. The predicted molar refractivity (Wildman–Crippen MR) is 68.0 cm³/mol. The van der Waals surface area contributed by atoms with Crippen molar-refractivity contribution < 1.29 is 18.5 Å². The number of aromatic amines is 1. The molecule has 0 aliphatic heterocycles. The van der Waals surface area contributed by atoms with Gasteiger partial charge in [-0.05, 0) is 12.1 Å². The van der Waals surface area contributed by atoms with Gasteiger partial charge in [0.1, 0.15) is 5.69 Å². The van der Waals surface area contributed by atoms with Gasteiger partial charge in [-0.3, -0.25) is 19.7 Å². The summed E-state index contributed by atoms with van der Waals surface area (Å²) in [6.45, 7) is 0. The normalized spacial score (nSPS) is 10.2. The average molecular weight is 295 g/mol. The van der Waals surface area contributed by atoms with E-state index in [2.05, 4.69) is 4.98 Å². The van der Waals surface area contributed by atoms with E-state index in [4.69, 9.17) is 0 Å². The van der Waals surface area contributed by atoms with Crippen molar-refractivity contribution in [1.82, 2.24) is 4.98 Å². The molecule has 0 fully saturated rings. The Morgan fingerprint density at radius 2 is 1.95 bits per heavy atom. The number of nitro benzene ring substituents is 1. The number of halogens is 2. The minimum atomic E-state index is -1.56. The highest BCUT2D eigenvalue weighted by Gasteiger charge is 2.23. The lowest BCUT2D eigenvalue weighted by Crippen LogP contribution is -2.19. The van der Waals surface area contributed by atoms with Crippen LogP contribution < -0.4 is 10.9 Å². The maximum Gasteiger partial charge on any atom is 0.296 e. The van der Waals surface area contributed by atoms with Gasteiger partial charge in [-0.15, -0.1) is 0 Å². The molecular formula is C12H7F2N3O4. The van der Waals surface area contributed by atoms with E-state index in [0.717, 1.165) is 12.1 Å². The summed E-state index contributed by atoms with van der Waals surface area (Å²) in [7, 11) is 0. The SMILES string of the molecule is O=C(Nc1c([N+](=O)[O-])ccc(F)c1F)c1cccc(=O)[nH]1. The van der Waals surface area contributed by atoms with Crippen LogP contribution in [0.15, 0.2) is 35.1 Å². The van der Waals surface area contributed by atoms with E-state index in [1.165, 1.54) is 12.1 Å². The second-order valence-corrected chi connectivity index (χ2v) is 3.90. The average Bonchev–Trinajstić information content (AvgIpc) is 2.43. The molecule has 0 bridgehead atoms. The molecule has 0 saturated heterocycles. The maximum atomic E-state index is 13.6. The van der Waals surface area contributed by atoms with Crippen LogP contribution >= 0.6 is 0 Å². The maximum absolute atomic E-state index is 13.6. The molecule has 0 aliphatic rings. The fourth-order valence-electron chi connectivity index (χ4n) is 1.57. The van der Waals surface area contributed by atoms with E-state index >= 15 is 0 Å². The summed E-state index contributed by atoms with van der Waals surface area (Å²) < 4.78 is 26.7. The number of amides is 1. The third-order valence-electron chi connectivity index (χ3n) is 2.52. The van der Waals surface area contributed by atoms with Crippen LogP contribution in [0.5, 0.6) is 0 Å². The number of pyridine rings is 1. The van der Waals surface area contributed by atoms with E-state index in [1.54, 1.807) is 0 Å². The zero-order valence-electron chi connectivity index (χ0n) is 10.2. The Kier molecular flexibility index (Phi) is 3.74. The summed E-state index contributed by atoms with van der Waals surface area (Å²) >= 11 is 0. The highest BCUT2D eigenvalue weighted by Crippen LogP contribution is 2.29. The van der Waals surface area contributed by atoms with Crippen LogP contribution in [-0.2, 0) is 0 Å². The van der Waals surface area contributed by atoms with E-state index < -0.39 is 39.4 Å². The van der Waals surface area contributed by atoms with Gasteiger partial charge in [0.15, 0.2) is 17.3 Å². The first-order chi connectivity index (χ1) is 9.90. The molecule has 1 amide bonds. The van der Waals surface area contributed by atoms with Crippen molar-refractivity contribution in [3.8, 4) is 0 Å². The molecule has 0 saturated carbocycles. The third-order valence-corrected chi connectivity index (χ3v) is 2.52. The highest BCUT2D eigenvalue weighted by atomic mass is 19.2. The number of aromatic nitrogens is 1. The van der Waals surface area contributed by atoms with Crippen molar-refractivity contribution in [3.63, 3.8) is 0 Å². The minimum absolute atomic E-state index is 0.250. The quantitative estimate of drug-likeness (QED) is 0.665. The summed E-state index contributed by atoms with van der Waals surface area (Å²) in [6, 6.07) is 4.92. The first-order valence-electron chi connectivity index (χ1n) is 5.53. The van der Waals surface area contributed by atoms with Crippen molar-refractivity contribution in [1.29, 1.82) is 0 Å². The molecule has 2 rings (SSSR count). The molecule has 21 heavy (non-hydrogen) atoms. The Labute approximate surface area is 115 Å². The number of carbonyl (C=O) groups excluding carboxylic acids is 1. The van der Waals surface area contributed by atoms with Crippen LogP contribution in [0.1, 0.15) is 10.5 Å². The Hall–Kier alpha value is -3.10. The lowest BCUT2D eigenvalue weighted by Gasteiger charge is -2.07. The molecular weight excluding hydrogens is 288 g/mol. The summed E-state index contributed by atoms with van der Waals surface area (Å²) in [6.07, 6.45) is 0. The number of nitrogens with one attached hydrogen (secondary N) is 2. The molecule has 1 aromatic heterocycles. The largest absolute Gasteiger partial charge is 0.318 e. The summed E-state index contributed by atoms with van der Waals surface area (Å²) in [5.41, 5.74) is -2.55. The highest BCUT2D eigenvalue weighted by molar-refractivity contribution is 6.04. The zero-order chi connectivity index (χ0) is 15.6. The van der Waals surface area contributed by atoms with Gasteiger partial charge in [-0.2, -0.15) is 0 Å². The van der Waals surface area contributed by atoms with Crippen molar-refractivity contribution in [2.24, 2.45) is 0 Å². The molecule has 2 N–H and O–H groups in total. The molecule has 2 aromatic rings. The van der Waals surface area contributed by atoms with Crippen molar-refractivity contribution in [3.05, 3.63) is 68.1 Å². The first kappa shape index (κ1) is 14.3. The van der Waals surface area contributed by atoms with Crippen LogP contribution in [0.2, 0.25) is 0 Å². The molecule has 0 unspecified atom stereocenters. The lowest BCUT2D eigenvalue weighted by atomic mass is 10.2. The van der Waals surface area contributed by atoms with Crippen LogP contribution in [0.3, 0.4) is 0 Å². The molecule has 0 spiro atoms. The van der Waals surface area contributed by atoms with Gasteiger partial charge >= 0.3 is 0 Å². The summed E-state index contributed by atoms with van der Waals surface area (Å²) in [4.78, 5) is 34.8. The van der Waals surface area contributed by atoms with E-state index in [0.29, 0.717) is 6.07 Å².